The zero-order valence-corrected chi connectivity index (χ0v) is 18.7. The first-order chi connectivity index (χ1) is 15.0. The van der Waals surface area contributed by atoms with Gasteiger partial charge >= 0.3 is 6.03 Å². The molecule has 1 aromatic carbocycles. The number of nitrogens with one attached hydrogen (secondary N) is 1. The van der Waals surface area contributed by atoms with Crippen molar-refractivity contribution in [3.63, 3.8) is 0 Å². The molecule has 172 valence electrons. The molecule has 1 aliphatic rings. The summed E-state index contributed by atoms with van der Waals surface area (Å²) < 4.78 is 32.2. The van der Waals surface area contributed by atoms with Gasteiger partial charge in [-0.1, -0.05) is 37.0 Å². The Morgan fingerprint density at radius 3 is 2.41 bits per heavy atom. The Labute approximate surface area is 191 Å². The number of aromatic nitrogens is 2. The number of rotatable bonds is 6. The Hall–Kier alpha value is -2.76. The number of aryl methyl sites for hydroxylation is 1. The van der Waals surface area contributed by atoms with Crippen molar-refractivity contribution in [3.05, 3.63) is 49.7 Å². The summed E-state index contributed by atoms with van der Waals surface area (Å²) in [5.74, 6) is 0.0274. The Morgan fingerprint density at radius 1 is 1.22 bits per heavy atom. The molecule has 13 heteroatoms. The number of amides is 2. The average molecular weight is 490 g/mol. The molecule has 0 aliphatic carbocycles. The van der Waals surface area contributed by atoms with Crippen LogP contribution < -0.4 is 15.6 Å². The van der Waals surface area contributed by atoms with E-state index in [1.54, 1.807) is 0 Å². The lowest BCUT2D eigenvalue weighted by Crippen LogP contribution is -2.52. The molecule has 9 nitrogen and oxygen atoms in total. The summed E-state index contributed by atoms with van der Waals surface area (Å²) in [6.07, 6.45) is -4.39. The lowest BCUT2D eigenvalue weighted by atomic mass is 10.1. The van der Waals surface area contributed by atoms with Crippen LogP contribution in [-0.4, -0.2) is 50.8 Å². The third kappa shape index (κ3) is 5.00. The largest absolute Gasteiger partial charge is 0.434 e. The minimum atomic E-state index is -2.82. The van der Waals surface area contributed by atoms with E-state index in [0.29, 0.717) is 10.6 Å². The zero-order valence-electron chi connectivity index (χ0n) is 17.1. The van der Waals surface area contributed by atoms with Gasteiger partial charge in [0.15, 0.2) is 12.0 Å². The first-order valence-corrected chi connectivity index (χ1v) is 10.1. The van der Waals surface area contributed by atoms with Crippen molar-refractivity contribution in [1.82, 2.24) is 20.1 Å². The van der Waals surface area contributed by atoms with Gasteiger partial charge in [0.05, 0.1) is 10.0 Å². The van der Waals surface area contributed by atoms with Gasteiger partial charge in [-0.2, -0.15) is 5.10 Å². The number of aliphatic hydroxyl groups is 1. The molecule has 0 radical (unpaired) electrons. The molecule has 2 amide bonds. The van der Waals surface area contributed by atoms with Gasteiger partial charge in [-0.05, 0) is 18.1 Å². The van der Waals surface area contributed by atoms with E-state index in [9.17, 15) is 23.5 Å². The van der Waals surface area contributed by atoms with Crippen LogP contribution in [-0.2, 0) is 7.05 Å². The van der Waals surface area contributed by atoms with Gasteiger partial charge in [-0.25, -0.2) is 23.3 Å². The van der Waals surface area contributed by atoms with Crippen LogP contribution in [0.1, 0.15) is 30.9 Å². The second kappa shape index (κ2) is 9.39. The number of urea groups is 1. The highest BCUT2D eigenvalue weighted by molar-refractivity contribution is 6.38. The van der Waals surface area contributed by atoms with Crippen molar-refractivity contribution >= 4 is 34.9 Å². The van der Waals surface area contributed by atoms with Crippen LogP contribution in [0.4, 0.5) is 13.6 Å². The Morgan fingerprint density at radius 2 is 1.84 bits per heavy atom. The van der Waals surface area contributed by atoms with Crippen LogP contribution in [0.3, 0.4) is 0 Å². The van der Waals surface area contributed by atoms with Crippen LogP contribution >= 0.6 is 23.2 Å². The average Bonchev–Trinajstić information content (AvgIpc) is 2.68. The topological polar surface area (TPSA) is 109 Å². The number of carbonyl (C=O) groups is 1. The number of ether oxygens (including phenoxy) is 1. The van der Waals surface area contributed by atoms with Gasteiger partial charge in [-0.3, -0.25) is 4.79 Å². The molecule has 1 unspecified atom stereocenters. The van der Waals surface area contributed by atoms with E-state index < -0.39 is 25.2 Å². The molecule has 0 saturated carbocycles. The fraction of sp³-hybridized carbons (Fsp3) is 0.368. The van der Waals surface area contributed by atoms with Crippen molar-refractivity contribution in [2.75, 3.05) is 6.54 Å². The van der Waals surface area contributed by atoms with Gasteiger partial charge in [0.25, 0.3) is 12.0 Å². The minimum absolute atomic E-state index is 0.00135. The number of aliphatic hydroxyl groups excluding tert-OH is 1. The number of hydrazone groups is 1. The summed E-state index contributed by atoms with van der Waals surface area (Å²) in [6, 6.07) is 3.20. The summed E-state index contributed by atoms with van der Waals surface area (Å²) in [4.78, 5) is 23.9. The normalized spacial score (nSPS) is 16.4. The highest BCUT2D eigenvalue weighted by Crippen LogP contribution is 2.37. The molecular weight excluding hydrogens is 471 g/mol. The highest BCUT2D eigenvalue weighted by atomic mass is 35.5. The summed E-state index contributed by atoms with van der Waals surface area (Å²) in [7, 11) is 1.48. The van der Waals surface area contributed by atoms with Gasteiger partial charge in [0.2, 0.25) is 5.88 Å². The van der Waals surface area contributed by atoms with E-state index in [1.165, 1.54) is 25.2 Å². The van der Waals surface area contributed by atoms with Crippen LogP contribution in [0.25, 0.3) is 0 Å². The molecule has 2 aromatic rings. The summed E-state index contributed by atoms with van der Waals surface area (Å²) >= 11 is 12.6. The molecule has 2 heterocycles. The quantitative estimate of drug-likeness (QED) is 0.646. The van der Waals surface area contributed by atoms with E-state index >= 15 is 0 Å². The molecule has 0 fully saturated rings. The predicted molar refractivity (Wildman–Crippen MR) is 114 cm³/mol. The van der Waals surface area contributed by atoms with E-state index in [0.717, 1.165) is 4.68 Å². The molecule has 0 saturated heterocycles. The molecule has 1 atom stereocenters. The maximum absolute atomic E-state index is 12.7. The third-order valence-electron chi connectivity index (χ3n) is 4.48. The minimum Gasteiger partial charge on any atom is -0.434 e. The Bertz CT molecular complexity index is 1120. The lowest BCUT2D eigenvalue weighted by Gasteiger charge is -2.28. The van der Waals surface area contributed by atoms with E-state index in [-0.39, 0.29) is 44.4 Å². The molecule has 1 aliphatic heterocycles. The summed E-state index contributed by atoms with van der Waals surface area (Å²) in [6.45, 7) is 2.74. The number of carbonyl (C=O) groups excluding carboxylic acids is 1. The molecular formula is C19H19Cl2F2N5O4. The van der Waals surface area contributed by atoms with Crippen LogP contribution in [0.5, 0.6) is 11.6 Å². The molecule has 0 bridgehead atoms. The number of hydrogen-bond donors (Lipinski definition) is 2. The maximum Gasteiger partial charge on any atom is 0.340 e. The second-order valence-corrected chi connectivity index (χ2v) is 8.02. The van der Waals surface area contributed by atoms with Crippen molar-refractivity contribution in [2.24, 2.45) is 12.1 Å². The van der Waals surface area contributed by atoms with Crippen LogP contribution in [0, 0.1) is 0 Å². The van der Waals surface area contributed by atoms with Gasteiger partial charge in [-0.15, -0.1) is 5.10 Å². The van der Waals surface area contributed by atoms with Crippen molar-refractivity contribution in [3.8, 4) is 11.6 Å². The highest BCUT2D eigenvalue weighted by Gasteiger charge is 2.30. The first-order valence-electron chi connectivity index (χ1n) is 9.36. The summed E-state index contributed by atoms with van der Waals surface area (Å²) in [5.41, 5.74) is 0.258. The summed E-state index contributed by atoms with van der Waals surface area (Å²) in [5, 5.41) is 20.6. The maximum atomic E-state index is 12.7. The second-order valence-electron chi connectivity index (χ2n) is 7.20. The number of benzene rings is 1. The molecule has 3 rings (SSSR count). The Kier molecular flexibility index (Phi) is 7.01. The van der Waals surface area contributed by atoms with E-state index in [4.69, 9.17) is 27.9 Å². The zero-order chi connectivity index (χ0) is 23.7. The number of hydrogen-bond acceptors (Lipinski definition) is 6. The van der Waals surface area contributed by atoms with Gasteiger partial charge < -0.3 is 15.2 Å². The van der Waals surface area contributed by atoms with Crippen LogP contribution in [0.15, 0.2) is 28.1 Å². The van der Waals surface area contributed by atoms with Gasteiger partial charge in [0, 0.05) is 24.2 Å². The fourth-order valence-electron chi connectivity index (χ4n) is 2.94. The van der Waals surface area contributed by atoms with Crippen molar-refractivity contribution in [1.29, 1.82) is 0 Å². The van der Waals surface area contributed by atoms with Crippen molar-refractivity contribution in [2.45, 2.75) is 32.4 Å². The molecule has 2 N–H and O–H groups in total. The predicted octanol–water partition coefficient (Wildman–Crippen LogP) is 3.32. The van der Waals surface area contributed by atoms with Gasteiger partial charge in [0.1, 0.15) is 12.3 Å². The SMILES string of the molecule is CC(C)c1cc(Oc2c(Cl)cc(C3=NN(CC(F)F)C(=O)NC3O)cc2Cl)nn(C)c1=O. The monoisotopic (exact) mass is 489 g/mol. The van der Waals surface area contributed by atoms with E-state index in [2.05, 4.69) is 15.5 Å². The lowest BCUT2D eigenvalue weighted by molar-refractivity contribution is 0.0875. The number of alkyl halides is 2. The standard InChI is InChI=1S/C19H19Cl2F2N5O4/c1-8(2)10-6-14(25-27(3)18(10)30)32-16-11(20)4-9(5-12(16)21)15-17(29)24-19(31)28(26-15)7-13(22)23/h4-6,8,13,17,29H,7H2,1-3H3,(H,24,31). The smallest absolute Gasteiger partial charge is 0.340 e. The first kappa shape index (κ1) is 23.9. The third-order valence-corrected chi connectivity index (χ3v) is 5.05. The molecule has 0 spiro atoms. The number of halogens is 4. The molecule has 1 aromatic heterocycles. The van der Waals surface area contributed by atoms with E-state index in [1.807, 2.05) is 13.8 Å². The van der Waals surface area contributed by atoms with Crippen molar-refractivity contribution < 1.29 is 23.4 Å². The number of nitrogens with zero attached hydrogens (tertiary/aromatic N) is 4. The molecule has 32 heavy (non-hydrogen) atoms. The Balaban J connectivity index is 1.97. The fourth-order valence-corrected chi connectivity index (χ4v) is 3.50. The van der Waals surface area contributed by atoms with Crippen LogP contribution in [0.2, 0.25) is 10.0 Å².